The zero-order valence-electron chi connectivity index (χ0n) is 10.2. The van der Waals surface area contributed by atoms with E-state index in [0.717, 1.165) is 0 Å². The van der Waals surface area contributed by atoms with Gasteiger partial charge in [-0.15, -0.1) is 0 Å². The van der Waals surface area contributed by atoms with E-state index in [2.05, 4.69) is 4.98 Å². The van der Waals surface area contributed by atoms with Crippen molar-refractivity contribution in [3.05, 3.63) is 29.0 Å². The van der Waals surface area contributed by atoms with Gasteiger partial charge in [-0.05, 0) is 6.07 Å². The first-order valence-electron chi connectivity index (χ1n) is 5.69. The van der Waals surface area contributed by atoms with E-state index in [4.69, 9.17) is 21.4 Å². The summed E-state index contributed by atoms with van der Waals surface area (Å²) in [6, 6.07) is 1.02. The van der Waals surface area contributed by atoms with Crippen LogP contribution in [0.25, 0.3) is 0 Å². The third kappa shape index (κ3) is 2.69. The van der Waals surface area contributed by atoms with Crippen LogP contribution in [0.2, 0.25) is 5.02 Å². The molecule has 0 bridgehead atoms. The molecule has 2 unspecified atom stereocenters. The van der Waals surface area contributed by atoms with Crippen molar-refractivity contribution < 1.29 is 19.4 Å². The van der Waals surface area contributed by atoms with Crippen LogP contribution < -0.4 is 0 Å². The number of nitrogens with zero attached hydrogens (tertiary/aromatic N) is 2. The average Bonchev–Trinajstić information content (AvgIpc) is 2.87. The van der Waals surface area contributed by atoms with Gasteiger partial charge < -0.3 is 14.7 Å². The number of hydrogen-bond donors (Lipinski definition) is 1. The van der Waals surface area contributed by atoms with Gasteiger partial charge in [-0.1, -0.05) is 11.6 Å². The molecule has 1 aliphatic heterocycles. The van der Waals surface area contributed by atoms with Gasteiger partial charge in [-0.25, -0.2) is 0 Å². The van der Waals surface area contributed by atoms with Crippen molar-refractivity contribution >= 4 is 23.5 Å². The zero-order chi connectivity index (χ0) is 14.0. The van der Waals surface area contributed by atoms with Crippen LogP contribution in [-0.4, -0.2) is 53.2 Å². The molecule has 1 fully saturated rings. The van der Waals surface area contributed by atoms with Crippen molar-refractivity contribution in [3.8, 4) is 0 Å². The molecule has 0 aliphatic carbocycles. The van der Waals surface area contributed by atoms with Crippen LogP contribution in [0.3, 0.4) is 0 Å². The molecule has 7 heteroatoms. The number of aromatic nitrogens is 1. The summed E-state index contributed by atoms with van der Waals surface area (Å²) in [5, 5.41) is 9.37. The molecule has 2 heterocycles. The summed E-state index contributed by atoms with van der Waals surface area (Å²) >= 11 is 5.93. The molecular weight excluding hydrogens is 272 g/mol. The second-order valence-electron chi connectivity index (χ2n) is 4.32. The van der Waals surface area contributed by atoms with Crippen LogP contribution >= 0.6 is 11.6 Å². The molecule has 19 heavy (non-hydrogen) atoms. The van der Waals surface area contributed by atoms with Crippen molar-refractivity contribution in [2.24, 2.45) is 5.92 Å². The summed E-state index contributed by atoms with van der Waals surface area (Å²) < 4.78 is 5.15. The zero-order valence-corrected chi connectivity index (χ0v) is 11.0. The summed E-state index contributed by atoms with van der Waals surface area (Å²) in [6.07, 6.45) is 2.85. The number of carboxylic acid groups (broad SMARTS) is 1. The number of carboxylic acids is 1. The second kappa shape index (κ2) is 5.54. The molecule has 2 rings (SSSR count). The Hall–Kier alpha value is -1.66. The van der Waals surface area contributed by atoms with E-state index >= 15 is 0 Å². The van der Waals surface area contributed by atoms with Crippen LogP contribution in [0.4, 0.5) is 0 Å². The van der Waals surface area contributed by atoms with E-state index in [9.17, 15) is 9.59 Å². The second-order valence-corrected chi connectivity index (χ2v) is 4.73. The number of pyridine rings is 1. The maximum absolute atomic E-state index is 12.3. The Bertz CT molecular complexity index is 508. The standard InChI is InChI=1S/C12H13ClN2O4/c1-15(10-6-19-5-8(10)12(17)18)11(16)7-4-14-3-2-9(7)13/h2-4,8,10H,5-6H2,1H3,(H,17,18). The monoisotopic (exact) mass is 284 g/mol. The highest BCUT2D eigenvalue weighted by Gasteiger charge is 2.38. The number of ether oxygens (including phenoxy) is 1. The fourth-order valence-electron chi connectivity index (χ4n) is 2.04. The molecule has 0 aromatic carbocycles. The number of hydrogen-bond acceptors (Lipinski definition) is 4. The predicted octanol–water partition coefficient (Wildman–Crippen LogP) is 0.907. The number of carbonyl (C=O) groups excluding carboxylic acids is 1. The summed E-state index contributed by atoms with van der Waals surface area (Å²) in [5.41, 5.74) is 0.253. The van der Waals surface area contributed by atoms with Gasteiger partial charge in [-0.2, -0.15) is 0 Å². The highest BCUT2D eigenvalue weighted by molar-refractivity contribution is 6.33. The van der Waals surface area contributed by atoms with E-state index in [1.54, 1.807) is 7.05 Å². The van der Waals surface area contributed by atoms with Gasteiger partial charge in [0, 0.05) is 19.4 Å². The lowest BCUT2D eigenvalue weighted by Crippen LogP contribution is -2.44. The van der Waals surface area contributed by atoms with Crippen molar-refractivity contribution in [1.29, 1.82) is 0 Å². The third-order valence-electron chi connectivity index (χ3n) is 3.18. The van der Waals surface area contributed by atoms with Gasteiger partial charge in [-0.3, -0.25) is 14.6 Å². The molecule has 1 amide bonds. The maximum atomic E-state index is 12.3. The fourth-order valence-corrected chi connectivity index (χ4v) is 2.22. The molecule has 2 atom stereocenters. The molecule has 1 aliphatic rings. The lowest BCUT2D eigenvalue weighted by Gasteiger charge is -2.26. The Balaban J connectivity index is 2.20. The first kappa shape index (κ1) is 13.8. The first-order valence-corrected chi connectivity index (χ1v) is 6.07. The van der Waals surface area contributed by atoms with Crippen molar-refractivity contribution in [3.63, 3.8) is 0 Å². The Labute approximate surface area is 114 Å². The van der Waals surface area contributed by atoms with Crippen molar-refractivity contribution in [2.45, 2.75) is 6.04 Å². The van der Waals surface area contributed by atoms with E-state index in [1.807, 2.05) is 0 Å². The van der Waals surface area contributed by atoms with Gasteiger partial charge in [0.05, 0.1) is 29.8 Å². The van der Waals surface area contributed by atoms with Gasteiger partial charge in [0.25, 0.3) is 5.91 Å². The predicted molar refractivity (Wildman–Crippen MR) is 67.1 cm³/mol. The fraction of sp³-hybridized carbons (Fsp3) is 0.417. The Morgan fingerprint density at radius 2 is 2.26 bits per heavy atom. The van der Waals surface area contributed by atoms with E-state index in [0.29, 0.717) is 0 Å². The summed E-state index contributed by atoms with van der Waals surface area (Å²) in [6.45, 7) is 0.315. The summed E-state index contributed by atoms with van der Waals surface area (Å²) in [7, 11) is 1.54. The Morgan fingerprint density at radius 3 is 2.89 bits per heavy atom. The minimum Gasteiger partial charge on any atom is -0.481 e. The molecule has 1 aromatic rings. The minimum atomic E-state index is -0.973. The van der Waals surface area contributed by atoms with E-state index < -0.39 is 17.9 Å². The van der Waals surface area contributed by atoms with Crippen molar-refractivity contribution in [2.75, 3.05) is 20.3 Å². The summed E-state index contributed by atoms with van der Waals surface area (Å²) in [4.78, 5) is 28.6. The SMILES string of the molecule is CN(C(=O)c1cnccc1Cl)C1COCC1C(=O)O. The van der Waals surface area contributed by atoms with Crippen LogP contribution in [-0.2, 0) is 9.53 Å². The van der Waals surface area contributed by atoms with E-state index in [1.165, 1.54) is 23.4 Å². The molecule has 0 saturated carbocycles. The number of aliphatic carboxylic acids is 1. The number of carbonyl (C=O) groups is 2. The van der Waals surface area contributed by atoms with Crippen LogP contribution in [0, 0.1) is 5.92 Å². The molecule has 102 valence electrons. The quantitative estimate of drug-likeness (QED) is 0.892. The number of halogens is 1. The molecule has 1 N–H and O–H groups in total. The molecular formula is C12H13ClN2O4. The first-order chi connectivity index (χ1) is 9.02. The number of rotatable bonds is 3. The van der Waals surface area contributed by atoms with Crippen LogP contribution in [0.1, 0.15) is 10.4 Å². The van der Waals surface area contributed by atoms with Gasteiger partial charge in [0.15, 0.2) is 0 Å². The Morgan fingerprint density at radius 1 is 1.53 bits per heavy atom. The highest BCUT2D eigenvalue weighted by Crippen LogP contribution is 2.22. The largest absolute Gasteiger partial charge is 0.481 e. The maximum Gasteiger partial charge on any atom is 0.311 e. The molecule has 6 nitrogen and oxygen atoms in total. The average molecular weight is 285 g/mol. The van der Waals surface area contributed by atoms with Crippen LogP contribution in [0.15, 0.2) is 18.5 Å². The van der Waals surface area contributed by atoms with Gasteiger partial charge in [0.1, 0.15) is 5.92 Å². The minimum absolute atomic E-state index is 0.110. The topological polar surface area (TPSA) is 79.7 Å². The van der Waals surface area contributed by atoms with Crippen LogP contribution in [0.5, 0.6) is 0 Å². The molecule has 1 aromatic heterocycles. The van der Waals surface area contributed by atoms with Crippen molar-refractivity contribution in [1.82, 2.24) is 9.88 Å². The normalized spacial score (nSPS) is 22.2. The Kier molecular flexibility index (Phi) is 4.01. The molecule has 0 spiro atoms. The van der Waals surface area contributed by atoms with Gasteiger partial charge >= 0.3 is 5.97 Å². The molecule has 1 saturated heterocycles. The lowest BCUT2D eigenvalue weighted by atomic mass is 10.0. The smallest absolute Gasteiger partial charge is 0.311 e. The third-order valence-corrected chi connectivity index (χ3v) is 3.51. The highest BCUT2D eigenvalue weighted by atomic mass is 35.5. The number of amides is 1. The summed E-state index contributed by atoms with van der Waals surface area (Å²) in [5.74, 6) is -2.05. The van der Waals surface area contributed by atoms with Gasteiger partial charge in [0.2, 0.25) is 0 Å². The van der Waals surface area contributed by atoms with E-state index in [-0.39, 0.29) is 29.7 Å². The lowest BCUT2D eigenvalue weighted by molar-refractivity contribution is -0.142. The number of likely N-dealkylation sites (N-methyl/N-ethyl adjacent to an activating group) is 1. The molecule has 0 radical (unpaired) electrons.